The molecule has 4 rings (SSSR count). The molecule has 2 aliphatic rings. The second kappa shape index (κ2) is 7.40. The zero-order valence-corrected chi connectivity index (χ0v) is 15.4. The summed E-state index contributed by atoms with van der Waals surface area (Å²) >= 11 is 1.46. The number of rotatable bonds is 4. The van der Waals surface area contributed by atoms with E-state index in [1.165, 1.54) is 11.8 Å². The molecule has 0 saturated carbocycles. The first kappa shape index (κ1) is 17.5. The summed E-state index contributed by atoms with van der Waals surface area (Å²) in [5.41, 5.74) is 3.38. The van der Waals surface area contributed by atoms with E-state index in [9.17, 15) is 9.59 Å². The summed E-state index contributed by atoms with van der Waals surface area (Å²) in [6, 6.07) is 14.7. The van der Waals surface area contributed by atoms with Crippen LogP contribution in [0.25, 0.3) is 12.2 Å². The molecule has 2 aromatic rings. The predicted molar refractivity (Wildman–Crippen MR) is 109 cm³/mol. The van der Waals surface area contributed by atoms with Crippen molar-refractivity contribution in [3.8, 4) is 0 Å². The van der Waals surface area contributed by atoms with Gasteiger partial charge >= 0.3 is 5.97 Å². The zero-order valence-electron chi connectivity index (χ0n) is 14.5. The molecular weight excluding hydrogens is 360 g/mol. The van der Waals surface area contributed by atoms with Crippen LogP contribution in [0.4, 0.5) is 5.69 Å². The highest BCUT2D eigenvalue weighted by Crippen LogP contribution is 2.29. The number of anilines is 1. The molecule has 0 bridgehead atoms. The Kier molecular flexibility index (Phi) is 4.81. The van der Waals surface area contributed by atoms with Crippen LogP contribution in [0.3, 0.4) is 0 Å². The average Bonchev–Trinajstić information content (AvgIpc) is 3.16. The number of fused-ring (bicyclic) bond motifs is 2. The molecule has 0 spiro atoms. The van der Waals surface area contributed by atoms with Crippen LogP contribution in [0.5, 0.6) is 0 Å². The van der Waals surface area contributed by atoms with Crippen LogP contribution in [-0.2, 0) is 4.79 Å². The SMILES string of the molecule is O=C(O)C1CSC(CCN2C(=O)c3ccccc3/C=C\c3ccccc32)=N1. The van der Waals surface area contributed by atoms with Gasteiger partial charge in [-0.2, -0.15) is 0 Å². The van der Waals surface area contributed by atoms with E-state index >= 15 is 0 Å². The maximum absolute atomic E-state index is 13.3. The molecule has 1 unspecified atom stereocenters. The van der Waals surface area contributed by atoms with Gasteiger partial charge in [0, 0.05) is 24.3 Å². The van der Waals surface area contributed by atoms with E-state index in [-0.39, 0.29) is 5.91 Å². The molecule has 27 heavy (non-hydrogen) atoms. The molecule has 1 atom stereocenters. The second-order valence-corrected chi connectivity index (χ2v) is 7.47. The standard InChI is InChI=1S/C21H18N2O3S/c24-20-16-7-3-1-5-14(16)9-10-15-6-2-4-8-18(15)23(20)12-11-19-22-17(13-27-19)21(25)26/h1-10,17H,11-13H2,(H,25,26)/b10-9-. The molecule has 2 aliphatic heterocycles. The topological polar surface area (TPSA) is 70.0 Å². The number of carbonyl (C=O) groups excluding carboxylic acids is 1. The van der Waals surface area contributed by atoms with Crippen molar-refractivity contribution in [2.75, 3.05) is 17.2 Å². The Bertz CT molecular complexity index is 967. The molecule has 5 nitrogen and oxygen atoms in total. The van der Waals surface area contributed by atoms with Crippen molar-refractivity contribution in [1.82, 2.24) is 0 Å². The predicted octanol–water partition coefficient (Wildman–Crippen LogP) is 3.81. The number of thioether (sulfide) groups is 1. The smallest absolute Gasteiger partial charge is 0.329 e. The second-order valence-electron chi connectivity index (χ2n) is 6.37. The molecule has 0 fully saturated rings. The van der Waals surface area contributed by atoms with E-state index in [1.54, 1.807) is 4.90 Å². The van der Waals surface area contributed by atoms with Crippen LogP contribution in [0.15, 0.2) is 53.5 Å². The summed E-state index contributed by atoms with van der Waals surface area (Å²) in [4.78, 5) is 30.4. The van der Waals surface area contributed by atoms with Crippen molar-refractivity contribution < 1.29 is 14.7 Å². The fourth-order valence-corrected chi connectivity index (χ4v) is 4.27. The number of benzene rings is 2. The summed E-state index contributed by atoms with van der Waals surface area (Å²) in [6.45, 7) is 0.455. The van der Waals surface area contributed by atoms with Crippen molar-refractivity contribution in [3.63, 3.8) is 0 Å². The molecule has 1 amide bonds. The fourth-order valence-electron chi connectivity index (χ4n) is 3.26. The fraction of sp³-hybridized carbons (Fsp3) is 0.190. The third-order valence-corrected chi connectivity index (χ3v) is 5.77. The first-order valence-corrected chi connectivity index (χ1v) is 9.72. The minimum Gasteiger partial charge on any atom is -0.480 e. The number of hydrogen-bond acceptors (Lipinski definition) is 4. The van der Waals surface area contributed by atoms with Crippen LogP contribution in [-0.4, -0.2) is 40.4 Å². The molecule has 6 heteroatoms. The largest absolute Gasteiger partial charge is 0.480 e. The monoisotopic (exact) mass is 378 g/mol. The Morgan fingerprint density at radius 3 is 2.59 bits per heavy atom. The number of carbonyl (C=O) groups is 2. The number of para-hydroxylation sites is 1. The lowest BCUT2D eigenvalue weighted by molar-refractivity contribution is -0.137. The molecule has 1 N–H and O–H groups in total. The molecule has 2 heterocycles. The number of amides is 1. The van der Waals surface area contributed by atoms with Crippen LogP contribution in [0.1, 0.15) is 27.9 Å². The average molecular weight is 378 g/mol. The highest BCUT2D eigenvalue weighted by atomic mass is 32.2. The van der Waals surface area contributed by atoms with Gasteiger partial charge in [-0.1, -0.05) is 48.6 Å². The molecular formula is C21H18N2O3S. The molecule has 0 aliphatic carbocycles. The Balaban J connectivity index is 1.66. The van der Waals surface area contributed by atoms with Crippen molar-refractivity contribution in [1.29, 1.82) is 0 Å². The maximum Gasteiger partial charge on any atom is 0.329 e. The molecule has 136 valence electrons. The third kappa shape index (κ3) is 3.53. The number of hydrogen-bond donors (Lipinski definition) is 1. The van der Waals surface area contributed by atoms with Gasteiger partial charge in [0.05, 0.1) is 10.7 Å². The summed E-state index contributed by atoms with van der Waals surface area (Å²) < 4.78 is 0. The van der Waals surface area contributed by atoms with E-state index in [0.717, 1.165) is 21.9 Å². The quantitative estimate of drug-likeness (QED) is 0.878. The van der Waals surface area contributed by atoms with Crippen molar-refractivity contribution in [2.45, 2.75) is 12.5 Å². The number of aliphatic imine (C=N–C) groups is 1. The zero-order chi connectivity index (χ0) is 18.8. The highest BCUT2D eigenvalue weighted by Gasteiger charge is 2.27. The summed E-state index contributed by atoms with van der Waals surface area (Å²) in [5, 5.41) is 9.90. The molecule has 0 radical (unpaired) electrons. The van der Waals surface area contributed by atoms with Crippen molar-refractivity contribution in [3.05, 3.63) is 65.2 Å². The molecule has 0 aromatic heterocycles. The van der Waals surface area contributed by atoms with Crippen LogP contribution >= 0.6 is 11.8 Å². The Morgan fingerprint density at radius 2 is 1.81 bits per heavy atom. The summed E-state index contributed by atoms with van der Waals surface area (Å²) in [5.74, 6) is -0.495. The lowest BCUT2D eigenvalue weighted by Crippen LogP contribution is -2.34. The van der Waals surface area contributed by atoms with Gasteiger partial charge in [0.25, 0.3) is 5.91 Å². The summed E-state index contributed by atoms with van der Waals surface area (Å²) in [6.07, 6.45) is 4.54. The normalized spacial score (nSPS) is 19.6. The maximum atomic E-state index is 13.3. The third-order valence-electron chi connectivity index (χ3n) is 4.65. The first-order chi connectivity index (χ1) is 13.1. The van der Waals surface area contributed by atoms with E-state index in [1.807, 2.05) is 60.7 Å². The van der Waals surface area contributed by atoms with Crippen LogP contribution < -0.4 is 4.90 Å². The van der Waals surface area contributed by atoms with Crippen LogP contribution in [0, 0.1) is 0 Å². The molecule has 2 aromatic carbocycles. The summed E-state index contributed by atoms with van der Waals surface area (Å²) in [7, 11) is 0. The first-order valence-electron chi connectivity index (χ1n) is 8.74. The highest BCUT2D eigenvalue weighted by molar-refractivity contribution is 8.14. The van der Waals surface area contributed by atoms with Gasteiger partial charge in [-0.05, 0) is 23.3 Å². The Labute approximate surface area is 161 Å². The van der Waals surface area contributed by atoms with Gasteiger partial charge in [-0.15, -0.1) is 11.8 Å². The number of nitrogens with zero attached hydrogens (tertiary/aromatic N) is 2. The van der Waals surface area contributed by atoms with Crippen LogP contribution in [0.2, 0.25) is 0 Å². The number of carboxylic acid groups (broad SMARTS) is 1. The molecule has 0 saturated heterocycles. The lowest BCUT2D eigenvalue weighted by Gasteiger charge is -2.26. The van der Waals surface area contributed by atoms with Gasteiger partial charge < -0.3 is 10.0 Å². The lowest BCUT2D eigenvalue weighted by atomic mass is 10.0. The van der Waals surface area contributed by atoms with Crippen molar-refractivity contribution >= 4 is 46.5 Å². The van der Waals surface area contributed by atoms with E-state index in [2.05, 4.69) is 4.99 Å². The van der Waals surface area contributed by atoms with Crippen molar-refractivity contribution in [2.24, 2.45) is 4.99 Å². The minimum absolute atomic E-state index is 0.0548. The Morgan fingerprint density at radius 1 is 1.11 bits per heavy atom. The number of aliphatic carboxylic acids is 1. The Hall–Kier alpha value is -2.86. The number of carboxylic acids is 1. The van der Waals surface area contributed by atoms with Gasteiger partial charge in [-0.25, -0.2) is 4.79 Å². The van der Waals surface area contributed by atoms with Gasteiger partial charge in [0.2, 0.25) is 0 Å². The van der Waals surface area contributed by atoms with E-state index in [0.29, 0.717) is 24.3 Å². The van der Waals surface area contributed by atoms with Gasteiger partial charge in [-0.3, -0.25) is 9.79 Å². The van der Waals surface area contributed by atoms with E-state index in [4.69, 9.17) is 5.11 Å². The minimum atomic E-state index is -0.899. The van der Waals surface area contributed by atoms with E-state index < -0.39 is 12.0 Å². The van der Waals surface area contributed by atoms with Gasteiger partial charge in [0.15, 0.2) is 6.04 Å². The van der Waals surface area contributed by atoms with Gasteiger partial charge in [0.1, 0.15) is 0 Å².